The van der Waals surface area contributed by atoms with Gasteiger partial charge in [0.05, 0.1) is 0 Å². The van der Waals surface area contributed by atoms with E-state index in [2.05, 4.69) is 51.8 Å². The number of nitrogens with zero attached hydrogens (tertiary/aromatic N) is 3. The summed E-state index contributed by atoms with van der Waals surface area (Å²) < 4.78 is 0. The molecule has 1 unspecified atom stereocenters. The zero-order valence-electron chi connectivity index (χ0n) is 14.9. The molecular weight excluding hydrogens is 264 g/mol. The summed E-state index contributed by atoms with van der Waals surface area (Å²) in [7, 11) is 8.25. The van der Waals surface area contributed by atoms with Gasteiger partial charge in [0, 0.05) is 25.6 Å². The summed E-state index contributed by atoms with van der Waals surface area (Å²) in [5.41, 5.74) is 6.05. The van der Waals surface area contributed by atoms with E-state index in [0.29, 0.717) is 12.3 Å². The van der Waals surface area contributed by atoms with Crippen LogP contribution in [0.5, 0.6) is 0 Å². The SMILES string of the molecule is CC(C)C(N)CC(=O)N(CCCN(C)C)CCCN(C)C. The summed E-state index contributed by atoms with van der Waals surface area (Å²) in [6, 6.07) is -0.0392. The molecule has 0 aromatic carbocycles. The van der Waals surface area contributed by atoms with Crippen molar-refractivity contribution >= 4 is 5.91 Å². The molecule has 1 amide bonds. The van der Waals surface area contributed by atoms with E-state index in [9.17, 15) is 4.79 Å². The Kier molecular flexibility index (Phi) is 10.6. The van der Waals surface area contributed by atoms with Crippen LogP contribution in [0.25, 0.3) is 0 Å². The lowest BCUT2D eigenvalue weighted by Gasteiger charge is -2.26. The van der Waals surface area contributed by atoms with Gasteiger partial charge in [0.15, 0.2) is 0 Å². The standard InChI is InChI=1S/C16H36N4O/c1-14(2)15(17)13-16(21)20(11-7-9-18(3)4)12-8-10-19(5)6/h14-15H,7-13,17H2,1-6H3. The maximum atomic E-state index is 12.4. The fourth-order valence-corrected chi connectivity index (χ4v) is 2.08. The van der Waals surface area contributed by atoms with E-state index in [-0.39, 0.29) is 11.9 Å². The molecule has 0 radical (unpaired) electrons. The third-order valence-corrected chi connectivity index (χ3v) is 3.69. The molecule has 2 N–H and O–H groups in total. The first-order valence-corrected chi connectivity index (χ1v) is 8.06. The average Bonchev–Trinajstić information content (AvgIpc) is 2.35. The summed E-state index contributed by atoms with van der Waals surface area (Å²) in [4.78, 5) is 18.7. The van der Waals surface area contributed by atoms with E-state index in [0.717, 1.165) is 39.0 Å². The Morgan fingerprint density at radius 3 is 1.67 bits per heavy atom. The highest BCUT2D eigenvalue weighted by Crippen LogP contribution is 2.07. The summed E-state index contributed by atoms with van der Waals surface area (Å²) >= 11 is 0. The van der Waals surface area contributed by atoms with Crippen molar-refractivity contribution in [2.75, 3.05) is 54.4 Å². The molecule has 0 aromatic rings. The molecule has 0 aromatic heterocycles. The van der Waals surface area contributed by atoms with E-state index in [4.69, 9.17) is 5.73 Å². The van der Waals surface area contributed by atoms with Crippen LogP contribution in [-0.2, 0) is 4.79 Å². The summed E-state index contributed by atoms with van der Waals surface area (Å²) in [5.74, 6) is 0.549. The van der Waals surface area contributed by atoms with Crippen LogP contribution in [0.2, 0.25) is 0 Å². The van der Waals surface area contributed by atoms with Gasteiger partial charge < -0.3 is 20.4 Å². The number of nitrogens with two attached hydrogens (primary N) is 1. The van der Waals surface area contributed by atoms with Crippen molar-refractivity contribution in [3.05, 3.63) is 0 Å². The van der Waals surface area contributed by atoms with Crippen molar-refractivity contribution in [1.82, 2.24) is 14.7 Å². The van der Waals surface area contributed by atoms with E-state index in [1.54, 1.807) is 0 Å². The fourth-order valence-electron chi connectivity index (χ4n) is 2.08. The normalized spacial score (nSPS) is 13.2. The minimum atomic E-state index is -0.0392. The zero-order valence-corrected chi connectivity index (χ0v) is 14.9. The summed E-state index contributed by atoms with van der Waals surface area (Å²) in [5, 5.41) is 0. The van der Waals surface area contributed by atoms with Crippen LogP contribution in [0.1, 0.15) is 33.1 Å². The van der Waals surface area contributed by atoms with Crippen LogP contribution in [0.15, 0.2) is 0 Å². The van der Waals surface area contributed by atoms with Crippen LogP contribution in [0.4, 0.5) is 0 Å². The zero-order chi connectivity index (χ0) is 16.4. The molecule has 0 aliphatic carbocycles. The van der Waals surface area contributed by atoms with Gasteiger partial charge in [-0.1, -0.05) is 13.8 Å². The summed E-state index contributed by atoms with van der Waals surface area (Å²) in [6.07, 6.45) is 2.48. The lowest BCUT2D eigenvalue weighted by Crippen LogP contribution is -2.40. The van der Waals surface area contributed by atoms with Gasteiger partial charge in [-0.15, -0.1) is 0 Å². The van der Waals surface area contributed by atoms with Crippen LogP contribution < -0.4 is 5.73 Å². The molecule has 126 valence electrons. The lowest BCUT2D eigenvalue weighted by molar-refractivity contribution is -0.132. The second-order valence-corrected chi connectivity index (χ2v) is 6.81. The monoisotopic (exact) mass is 300 g/mol. The van der Waals surface area contributed by atoms with E-state index in [1.807, 2.05) is 4.90 Å². The largest absolute Gasteiger partial charge is 0.343 e. The summed E-state index contributed by atoms with van der Waals surface area (Å²) in [6.45, 7) is 7.81. The van der Waals surface area contributed by atoms with Gasteiger partial charge >= 0.3 is 0 Å². The van der Waals surface area contributed by atoms with Crippen molar-refractivity contribution in [1.29, 1.82) is 0 Å². The van der Waals surface area contributed by atoms with Crippen molar-refractivity contribution in [2.45, 2.75) is 39.2 Å². The Bertz CT molecular complexity index is 265. The van der Waals surface area contributed by atoms with Crippen LogP contribution in [-0.4, -0.2) is 81.0 Å². The topological polar surface area (TPSA) is 52.8 Å². The van der Waals surface area contributed by atoms with Crippen LogP contribution in [0.3, 0.4) is 0 Å². The minimum absolute atomic E-state index is 0.0392. The van der Waals surface area contributed by atoms with Crippen LogP contribution in [0, 0.1) is 5.92 Å². The first-order valence-electron chi connectivity index (χ1n) is 8.06. The Labute approximate surface area is 131 Å². The Balaban J connectivity index is 4.36. The van der Waals surface area contributed by atoms with Crippen molar-refractivity contribution in [2.24, 2.45) is 11.7 Å². The smallest absolute Gasteiger partial charge is 0.224 e. The Morgan fingerprint density at radius 1 is 0.905 bits per heavy atom. The number of rotatable bonds is 11. The van der Waals surface area contributed by atoms with Gasteiger partial charge in [-0.3, -0.25) is 4.79 Å². The molecule has 21 heavy (non-hydrogen) atoms. The molecule has 0 saturated carbocycles. The molecule has 5 heteroatoms. The molecule has 0 aliphatic rings. The maximum Gasteiger partial charge on any atom is 0.224 e. The van der Waals surface area contributed by atoms with Gasteiger partial charge in [-0.05, 0) is 60.0 Å². The highest BCUT2D eigenvalue weighted by atomic mass is 16.2. The van der Waals surface area contributed by atoms with Gasteiger partial charge in [0.25, 0.3) is 0 Å². The first kappa shape index (κ1) is 20.3. The average molecular weight is 300 g/mol. The molecule has 0 fully saturated rings. The van der Waals surface area contributed by atoms with Crippen molar-refractivity contribution < 1.29 is 4.79 Å². The molecule has 0 spiro atoms. The third-order valence-electron chi connectivity index (χ3n) is 3.69. The molecule has 0 saturated heterocycles. The predicted molar refractivity (Wildman–Crippen MR) is 90.4 cm³/mol. The van der Waals surface area contributed by atoms with Crippen molar-refractivity contribution in [3.8, 4) is 0 Å². The third kappa shape index (κ3) is 10.7. The number of carbonyl (C=O) groups excluding carboxylic acids is 1. The molecule has 5 nitrogen and oxygen atoms in total. The highest BCUT2D eigenvalue weighted by Gasteiger charge is 2.18. The molecule has 0 rings (SSSR count). The van der Waals surface area contributed by atoms with Gasteiger partial charge in [0.2, 0.25) is 5.91 Å². The fraction of sp³-hybridized carbons (Fsp3) is 0.938. The molecule has 1 atom stereocenters. The molecule has 0 heterocycles. The number of hydrogen-bond donors (Lipinski definition) is 1. The second kappa shape index (κ2) is 11.0. The molecular formula is C16H36N4O. The minimum Gasteiger partial charge on any atom is -0.343 e. The van der Waals surface area contributed by atoms with Crippen molar-refractivity contribution in [3.63, 3.8) is 0 Å². The van der Waals surface area contributed by atoms with Gasteiger partial charge in [-0.2, -0.15) is 0 Å². The van der Waals surface area contributed by atoms with E-state index >= 15 is 0 Å². The maximum absolute atomic E-state index is 12.4. The van der Waals surface area contributed by atoms with E-state index in [1.165, 1.54) is 0 Å². The highest BCUT2D eigenvalue weighted by molar-refractivity contribution is 5.76. The van der Waals surface area contributed by atoms with Crippen LogP contribution >= 0.6 is 0 Å². The number of hydrogen-bond acceptors (Lipinski definition) is 4. The molecule has 0 aliphatic heterocycles. The first-order chi connectivity index (χ1) is 9.73. The quantitative estimate of drug-likeness (QED) is 0.621. The second-order valence-electron chi connectivity index (χ2n) is 6.81. The molecule has 0 bridgehead atoms. The Hall–Kier alpha value is -0.650. The Morgan fingerprint density at radius 2 is 1.33 bits per heavy atom. The van der Waals surface area contributed by atoms with E-state index < -0.39 is 0 Å². The van der Waals surface area contributed by atoms with Gasteiger partial charge in [-0.25, -0.2) is 0 Å². The van der Waals surface area contributed by atoms with Gasteiger partial charge in [0.1, 0.15) is 0 Å². The lowest BCUT2D eigenvalue weighted by atomic mass is 10.0. The number of amides is 1. The predicted octanol–water partition coefficient (Wildman–Crippen LogP) is 1.09. The number of carbonyl (C=O) groups is 1.